The quantitative estimate of drug-likeness (QED) is 0.0742. The molecule has 4 rings (SSSR count). The van der Waals surface area contributed by atoms with Crippen molar-refractivity contribution in [1.29, 1.82) is 0 Å². The zero-order chi connectivity index (χ0) is 34.9. The zero-order valence-electron chi connectivity index (χ0n) is 25.0. The Hall–Kier alpha value is -2.80. The molecule has 2 unspecified atom stereocenters. The van der Waals surface area contributed by atoms with E-state index in [9.17, 15) is 38.7 Å². The molecule has 2 aromatic heterocycles. The van der Waals surface area contributed by atoms with Gasteiger partial charge in [-0.2, -0.15) is 8.62 Å². The maximum absolute atomic E-state index is 12.1. The number of phosphoric ester groups is 1. The Morgan fingerprint density at radius 3 is 2.47 bits per heavy atom. The SMILES string of the molecule is COc1ccc([C@@H](OCc2cn([C@H]3C[C@@H](O)[C@@H](COP(=O)(O)OP(=O)(O)OP(=O)(O)O)O3)c3nccc(N)c23)C(C)C)c([N+](=O)[O-])c1. The number of pyridine rings is 1. The van der Waals surface area contributed by atoms with E-state index in [2.05, 4.69) is 18.1 Å². The highest BCUT2D eigenvalue weighted by molar-refractivity contribution is 7.66. The summed E-state index contributed by atoms with van der Waals surface area (Å²) in [6.45, 7) is 2.75. The second-order valence-corrected chi connectivity index (χ2v) is 15.1. The molecular weight excluding hydrogens is 693 g/mol. The lowest BCUT2D eigenvalue weighted by Crippen LogP contribution is -2.26. The number of anilines is 1. The van der Waals surface area contributed by atoms with E-state index in [0.29, 0.717) is 33.6 Å². The van der Waals surface area contributed by atoms with Crippen molar-refractivity contribution in [2.24, 2.45) is 5.92 Å². The first kappa shape index (κ1) is 37.0. The van der Waals surface area contributed by atoms with E-state index in [1.54, 1.807) is 29.0 Å². The molecule has 0 saturated carbocycles. The van der Waals surface area contributed by atoms with Crippen LogP contribution in [-0.4, -0.2) is 65.1 Å². The minimum absolute atomic E-state index is 0.0732. The number of fused-ring (bicyclic) bond motifs is 1. The molecule has 1 fully saturated rings. The van der Waals surface area contributed by atoms with Gasteiger partial charge in [0.1, 0.15) is 23.7 Å². The number of nitrogens with two attached hydrogens (primary N) is 1. The van der Waals surface area contributed by atoms with Crippen molar-refractivity contribution < 1.29 is 70.7 Å². The Labute approximate surface area is 266 Å². The Morgan fingerprint density at radius 1 is 1.15 bits per heavy atom. The lowest BCUT2D eigenvalue weighted by molar-refractivity contribution is -0.386. The van der Waals surface area contributed by atoms with Gasteiger partial charge in [0.2, 0.25) is 0 Å². The van der Waals surface area contributed by atoms with Crippen LogP contribution in [0.25, 0.3) is 11.0 Å². The highest BCUT2D eigenvalue weighted by Gasteiger charge is 2.43. The third-order valence-electron chi connectivity index (χ3n) is 6.92. The Morgan fingerprint density at radius 2 is 1.85 bits per heavy atom. The summed E-state index contributed by atoms with van der Waals surface area (Å²) in [5.41, 5.74) is 7.62. The summed E-state index contributed by atoms with van der Waals surface area (Å²) in [7, 11) is -15.4. The maximum atomic E-state index is 12.1. The van der Waals surface area contributed by atoms with E-state index < -0.39 is 59.5 Å². The van der Waals surface area contributed by atoms with Crippen LogP contribution in [0.3, 0.4) is 0 Å². The lowest BCUT2D eigenvalue weighted by Gasteiger charge is -2.22. The molecule has 1 saturated heterocycles. The minimum atomic E-state index is -5.73. The Balaban J connectivity index is 1.54. The van der Waals surface area contributed by atoms with Crippen LogP contribution < -0.4 is 10.5 Å². The fourth-order valence-corrected chi connectivity index (χ4v) is 8.02. The zero-order valence-corrected chi connectivity index (χ0v) is 27.6. The van der Waals surface area contributed by atoms with Crippen LogP contribution in [0.5, 0.6) is 5.75 Å². The van der Waals surface area contributed by atoms with Crippen LogP contribution in [0.1, 0.15) is 43.7 Å². The number of aliphatic hydroxyl groups is 1. The van der Waals surface area contributed by atoms with Crippen LogP contribution in [0.4, 0.5) is 11.4 Å². The first-order chi connectivity index (χ1) is 21.8. The number of phosphoric acid groups is 3. The number of benzene rings is 1. The van der Waals surface area contributed by atoms with Gasteiger partial charge in [0, 0.05) is 35.5 Å². The van der Waals surface area contributed by atoms with Gasteiger partial charge in [-0.05, 0) is 24.1 Å². The van der Waals surface area contributed by atoms with Crippen molar-refractivity contribution in [2.75, 3.05) is 19.5 Å². The lowest BCUT2D eigenvalue weighted by atomic mass is 9.97. The van der Waals surface area contributed by atoms with Gasteiger partial charge in [-0.25, -0.2) is 18.7 Å². The summed E-state index contributed by atoms with van der Waals surface area (Å²) >= 11 is 0. The predicted molar refractivity (Wildman–Crippen MR) is 161 cm³/mol. The molecule has 0 bridgehead atoms. The first-order valence-electron chi connectivity index (χ1n) is 13.6. The van der Waals surface area contributed by atoms with E-state index in [1.807, 2.05) is 13.8 Å². The number of ether oxygens (including phenoxy) is 3. The van der Waals surface area contributed by atoms with Crippen LogP contribution in [0.15, 0.2) is 36.7 Å². The average Bonchev–Trinajstić information content (AvgIpc) is 3.50. The number of nitrogen functional groups attached to an aromatic ring is 1. The molecule has 1 aliphatic heterocycles. The van der Waals surface area contributed by atoms with Crippen molar-refractivity contribution in [3.8, 4) is 5.75 Å². The molecular formula is C24H33N4O16P3. The summed E-state index contributed by atoms with van der Waals surface area (Å²) in [6.07, 6.45) is -1.28. The maximum Gasteiger partial charge on any atom is 0.490 e. The monoisotopic (exact) mass is 726 g/mol. The number of rotatable bonds is 15. The molecule has 20 nitrogen and oxygen atoms in total. The summed E-state index contributed by atoms with van der Waals surface area (Å²) in [6, 6.07) is 6.03. The highest BCUT2D eigenvalue weighted by atomic mass is 31.3. The van der Waals surface area contributed by atoms with Gasteiger partial charge in [0.15, 0.2) is 0 Å². The van der Waals surface area contributed by atoms with Crippen molar-refractivity contribution in [1.82, 2.24) is 9.55 Å². The summed E-state index contributed by atoms with van der Waals surface area (Å²) in [5.74, 6) is 0.110. The molecule has 6 atom stereocenters. The molecule has 3 aromatic rings. The van der Waals surface area contributed by atoms with Gasteiger partial charge in [-0.1, -0.05) is 13.8 Å². The van der Waals surface area contributed by atoms with Crippen LogP contribution >= 0.6 is 23.5 Å². The summed E-state index contributed by atoms with van der Waals surface area (Å²) < 4.78 is 65.3. The number of hydrogen-bond donors (Lipinski definition) is 6. The van der Waals surface area contributed by atoms with Gasteiger partial charge in [0.05, 0.1) is 49.1 Å². The predicted octanol–water partition coefficient (Wildman–Crippen LogP) is 3.44. The fraction of sp³-hybridized carbons (Fsp3) is 0.458. The second-order valence-electron chi connectivity index (χ2n) is 10.6. The second kappa shape index (κ2) is 14.4. The Kier molecular flexibility index (Phi) is 11.3. The van der Waals surface area contributed by atoms with E-state index in [0.717, 1.165) is 0 Å². The number of hydrogen-bond acceptors (Lipinski definition) is 14. The van der Waals surface area contributed by atoms with Gasteiger partial charge in [-0.3, -0.25) is 14.6 Å². The molecule has 1 aromatic carbocycles. The van der Waals surface area contributed by atoms with Crippen LogP contribution in [-0.2, 0) is 42.9 Å². The highest BCUT2D eigenvalue weighted by Crippen LogP contribution is 2.66. The molecule has 0 spiro atoms. The average molecular weight is 726 g/mol. The fourth-order valence-electron chi connectivity index (χ4n) is 4.99. The molecule has 0 aliphatic carbocycles. The molecule has 1 aliphatic rings. The number of nitrogens with zero attached hydrogens (tertiary/aromatic N) is 3. The number of methoxy groups -OCH3 is 1. The summed E-state index contributed by atoms with van der Waals surface area (Å²) in [5, 5.41) is 22.9. The van der Waals surface area contributed by atoms with Gasteiger partial charge in [0.25, 0.3) is 5.69 Å². The topological polar surface area (TPSA) is 295 Å². The van der Waals surface area contributed by atoms with E-state index in [-0.39, 0.29) is 24.6 Å². The normalized spacial score (nSPS) is 21.9. The largest absolute Gasteiger partial charge is 0.497 e. The Bertz CT molecular complexity index is 1760. The van der Waals surface area contributed by atoms with E-state index in [1.165, 1.54) is 19.4 Å². The molecule has 7 N–H and O–H groups in total. The third-order valence-corrected chi connectivity index (χ3v) is 10.7. The standard InChI is InChI=1S/C24H33N4O16P3/c1-13(2)23(16-5-4-15(39-3)8-18(16)28(30)31)40-11-14-10-27(24-22(14)17(25)6-7-26-24)21-9-19(29)20(42-21)12-41-46(35,36)44-47(37,38)43-45(32,33)34/h4-8,10,13,19-21,23,29H,9,11-12H2,1-3H3,(H2,25,26)(H,35,36)(H,37,38)(H2,32,33,34)/t19-,20-,21-,23+/m1/s1. The molecule has 0 radical (unpaired) electrons. The first-order valence-corrected chi connectivity index (χ1v) is 18.1. The summed E-state index contributed by atoms with van der Waals surface area (Å²) in [4.78, 5) is 52.2. The van der Waals surface area contributed by atoms with Gasteiger partial charge in [-0.15, -0.1) is 0 Å². The van der Waals surface area contributed by atoms with Crippen molar-refractivity contribution in [2.45, 2.75) is 51.4 Å². The van der Waals surface area contributed by atoms with Crippen molar-refractivity contribution in [3.05, 3.63) is 57.9 Å². The molecule has 23 heteroatoms. The molecule has 47 heavy (non-hydrogen) atoms. The van der Waals surface area contributed by atoms with Crippen molar-refractivity contribution >= 4 is 45.9 Å². The minimum Gasteiger partial charge on any atom is -0.497 e. The third kappa shape index (κ3) is 9.22. The molecule has 0 amide bonds. The number of nitro groups is 1. The van der Waals surface area contributed by atoms with Crippen LogP contribution in [0.2, 0.25) is 0 Å². The number of aliphatic hydroxyl groups excluding tert-OH is 1. The van der Waals surface area contributed by atoms with Crippen molar-refractivity contribution in [3.63, 3.8) is 0 Å². The molecule has 260 valence electrons. The number of aromatic nitrogens is 2. The van der Waals surface area contributed by atoms with Crippen LogP contribution in [0, 0.1) is 16.0 Å². The molecule has 3 heterocycles. The number of nitro benzene ring substituents is 1. The van der Waals surface area contributed by atoms with Gasteiger partial charge < -0.3 is 49.2 Å². The smallest absolute Gasteiger partial charge is 0.490 e. The van der Waals surface area contributed by atoms with Gasteiger partial charge >= 0.3 is 23.5 Å². The van der Waals surface area contributed by atoms with E-state index in [4.69, 9.17) is 29.7 Å². The van der Waals surface area contributed by atoms with E-state index >= 15 is 0 Å².